The van der Waals surface area contributed by atoms with Crippen LogP contribution in [0.4, 0.5) is 0 Å². The Bertz CT molecular complexity index is 181. The zero-order valence-corrected chi connectivity index (χ0v) is 15.3. The van der Waals surface area contributed by atoms with E-state index in [9.17, 15) is 0 Å². The van der Waals surface area contributed by atoms with Gasteiger partial charge in [-0.15, -0.1) is 0 Å². The Balaban J connectivity index is -0.000000376. The first-order valence-corrected chi connectivity index (χ1v) is 9.71. The number of nitrogens with zero attached hydrogens (tertiary/aromatic N) is 2. The van der Waals surface area contributed by atoms with Gasteiger partial charge < -0.3 is 23.6 Å². The molecule has 0 aromatic carbocycles. The van der Waals surface area contributed by atoms with Gasteiger partial charge in [0.1, 0.15) is 0 Å². The first kappa shape index (κ1) is 20.7. The molecule has 0 aromatic heterocycles. The number of aliphatic imine (C=N–C) groups is 2. The molecule has 14 heavy (non-hydrogen) atoms. The minimum absolute atomic E-state index is 0. The maximum absolute atomic E-state index is 5.33. The summed E-state index contributed by atoms with van der Waals surface area (Å²) in [5.74, 6) is 0.0325. The van der Waals surface area contributed by atoms with E-state index in [1.54, 1.807) is 0 Å². The molecule has 0 aliphatic carbocycles. The quantitative estimate of drug-likeness (QED) is 0.229. The molecule has 0 spiro atoms. The van der Waals surface area contributed by atoms with Gasteiger partial charge in [-0.25, -0.2) is 0 Å². The molecule has 0 bridgehead atoms. The number of nitrogens with two attached hydrogens (primary N) is 3. The van der Waals surface area contributed by atoms with Crippen LogP contribution in [0, 0.1) is 6.42 Å². The molecular formula is C6H14I2N5Y-. The van der Waals surface area contributed by atoms with Gasteiger partial charge in [-0.3, -0.25) is 4.99 Å². The zero-order valence-electron chi connectivity index (χ0n) is 8.11. The van der Waals surface area contributed by atoms with Crippen molar-refractivity contribution in [1.29, 1.82) is 0 Å². The van der Waals surface area contributed by atoms with Crippen molar-refractivity contribution in [2.75, 3.05) is 0 Å². The fourth-order valence-corrected chi connectivity index (χ4v) is 0.444. The van der Waals surface area contributed by atoms with E-state index in [0.29, 0.717) is 0 Å². The zero-order chi connectivity index (χ0) is 10.9. The SMILES string of the molecule is C[CH-]C(C)N=C(N)N=C(N)N.II.[Y]. The molecule has 8 heteroatoms. The third-order valence-corrected chi connectivity index (χ3v) is 1.06. The molecule has 1 atom stereocenters. The van der Waals surface area contributed by atoms with Crippen molar-refractivity contribution < 1.29 is 32.7 Å². The van der Waals surface area contributed by atoms with Gasteiger partial charge in [0.2, 0.25) is 5.96 Å². The van der Waals surface area contributed by atoms with E-state index < -0.39 is 0 Å². The molecule has 0 aliphatic heterocycles. The smallest absolute Gasteiger partial charge is 0.216 e. The maximum Gasteiger partial charge on any atom is 0.216 e. The molecule has 0 saturated heterocycles. The molecule has 0 aromatic rings. The summed E-state index contributed by atoms with van der Waals surface area (Å²) in [5.41, 5.74) is 15.5. The Kier molecular flexibility index (Phi) is 21.1. The van der Waals surface area contributed by atoms with Crippen LogP contribution in [-0.4, -0.2) is 18.0 Å². The van der Waals surface area contributed by atoms with Crippen LogP contribution in [0.3, 0.4) is 0 Å². The van der Waals surface area contributed by atoms with E-state index in [1.807, 2.05) is 20.3 Å². The van der Waals surface area contributed by atoms with Gasteiger partial charge in [-0.2, -0.15) is 11.9 Å². The molecule has 0 amide bonds. The van der Waals surface area contributed by atoms with E-state index in [1.165, 1.54) is 0 Å². The van der Waals surface area contributed by atoms with Crippen molar-refractivity contribution in [2.24, 2.45) is 27.2 Å². The molecule has 1 unspecified atom stereocenters. The minimum atomic E-state index is -0.0745. The van der Waals surface area contributed by atoms with Crippen LogP contribution in [0.2, 0.25) is 0 Å². The van der Waals surface area contributed by atoms with E-state index in [4.69, 9.17) is 17.2 Å². The molecule has 81 valence electrons. The topological polar surface area (TPSA) is 103 Å². The van der Waals surface area contributed by atoms with Crippen LogP contribution in [0.25, 0.3) is 0 Å². The summed E-state index contributed by atoms with van der Waals surface area (Å²) in [6.07, 6.45) is 1.88. The normalized spacial score (nSPS) is 11.6. The van der Waals surface area contributed by atoms with Crippen LogP contribution in [-0.2, 0) is 32.7 Å². The molecule has 5 nitrogen and oxygen atoms in total. The number of rotatable bonds is 2. The minimum Gasteiger partial charge on any atom is -0.370 e. The molecule has 0 rings (SSSR count). The van der Waals surface area contributed by atoms with Crippen molar-refractivity contribution in [3.63, 3.8) is 0 Å². The molecule has 0 fully saturated rings. The Morgan fingerprint density at radius 2 is 1.71 bits per heavy atom. The largest absolute Gasteiger partial charge is 0.370 e. The van der Waals surface area contributed by atoms with Crippen molar-refractivity contribution in [3.8, 4) is 0 Å². The fraction of sp³-hybridized carbons (Fsp3) is 0.500. The van der Waals surface area contributed by atoms with Gasteiger partial charge in [0.15, 0.2) is 5.96 Å². The average Bonchev–Trinajstić information content (AvgIpc) is 2.06. The number of guanidine groups is 2. The second-order valence-corrected chi connectivity index (χ2v) is 2.10. The third-order valence-electron chi connectivity index (χ3n) is 1.06. The van der Waals surface area contributed by atoms with Gasteiger partial charge in [0.25, 0.3) is 0 Å². The van der Waals surface area contributed by atoms with Crippen LogP contribution in [0.15, 0.2) is 9.98 Å². The van der Waals surface area contributed by atoms with Crippen LogP contribution in [0.5, 0.6) is 0 Å². The molecular weight excluding hydrogens is 485 g/mol. The van der Waals surface area contributed by atoms with Crippen molar-refractivity contribution >= 4 is 49.2 Å². The van der Waals surface area contributed by atoms with Gasteiger partial charge >= 0.3 is 0 Å². The summed E-state index contributed by atoms with van der Waals surface area (Å²) < 4.78 is 0. The van der Waals surface area contributed by atoms with E-state index in [0.717, 1.165) is 0 Å². The van der Waals surface area contributed by atoms with E-state index >= 15 is 0 Å². The number of halogens is 2. The summed E-state index contributed by atoms with van der Waals surface area (Å²) in [7, 11) is 0. The Morgan fingerprint density at radius 1 is 1.29 bits per heavy atom. The second-order valence-electron chi connectivity index (χ2n) is 2.10. The molecule has 0 heterocycles. The Hall–Kier alpha value is 1.30. The molecule has 1 radical (unpaired) electrons. The predicted molar refractivity (Wildman–Crippen MR) is 74.9 cm³/mol. The maximum atomic E-state index is 5.33. The Labute approximate surface area is 133 Å². The monoisotopic (exact) mass is 499 g/mol. The predicted octanol–water partition coefficient (Wildman–Crippen LogP) is 0.956. The van der Waals surface area contributed by atoms with Gasteiger partial charge in [0.05, 0.1) is 0 Å². The summed E-state index contributed by atoms with van der Waals surface area (Å²) >= 11 is 4.24. The summed E-state index contributed by atoms with van der Waals surface area (Å²) in [6.45, 7) is 3.77. The van der Waals surface area contributed by atoms with E-state index in [-0.39, 0.29) is 50.7 Å². The first-order valence-electron chi connectivity index (χ1n) is 3.43. The third kappa shape index (κ3) is 15.8. The number of hydrogen-bond acceptors (Lipinski definition) is 1. The fourth-order valence-electron chi connectivity index (χ4n) is 0.444. The van der Waals surface area contributed by atoms with Crippen LogP contribution < -0.4 is 17.2 Å². The summed E-state index contributed by atoms with van der Waals surface area (Å²) in [4.78, 5) is 7.47. The summed E-state index contributed by atoms with van der Waals surface area (Å²) in [6, 6.07) is 0.0399. The van der Waals surface area contributed by atoms with Crippen LogP contribution in [0.1, 0.15) is 13.8 Å². The van der Waals surface area contributed by atoms with Crippen LogP contribution >= 0.6 is 37.2 Å². The van der Waals surface area contributed by atoms with Crippen molar-refractivity contribution in [2.45, 2.75) is 19.9 Å². The van der Waals surface area contributed by atoms with Gasteiger partial charge in [0, 0.05) is 69.9 Å². The molecule has 6 N–H and O–H groups in total. The Morgan fingerprint density at radius 3 is 2.00 bits per heavy atom. The van der Waals surface area contributed by atoms with Crippen molar-refractivity contribution in [1.82, 2.24) is 0 Å². The molecule has 0 saturated carbocycles. The second kappa shape index (κ2) is 14.3. The first-order chi connectivity index (χ1) is 6.06. The van der Waals surface area contributed by atoms with E-state index in [2.05, 4.69) is 47.2 Å². The average molecular weight is 499 g/mol. The molecule has 0 aliphatic rings. The van der Waals surface area contributed by atoms with Crippen molar-refractivity contribution in [3.05, 3.63) is 6.42 Å². The van der Waals surface area contributed by atoms with Gasteiger partial charge in [-0.05, 0) is 0 Å². The van der Waals surface area contributed by atoms with Gasteiger partial charge in [-0.1, -0.05) is 13.0 Å². The summed E-state index contributed by atoms with van der Waals surface area (Å²) in [5, 5.41) is 0. The standard InChI is InChI=1S/C6H14N5.I2.Y/c1-3-4(2)10-6(9)11-5(7)8;1-2;/h3-4H,1-2H3,(H6,7,8,9,10,11);;/q-1;;. The number of hydrogen-bond donors (Lipinski definition) is 3.